The Morgan fingerprint density at radius 1 is 1.40 bits per heavy atom. The molecule has 1 atom stereocenters. The van der Waals surface area contributed by atoms with Crippen LogP contribution in [-0.2, 0) is 0 Å². The quantitative estimate of drug-likeness (QED) is 0.829. The summed E-state index contributed by atoms with van der Waals surface area (Å²) in [6, 6.07) is 3.55. The van der Waals surface area contributed by atoms with Crippen LogP contribution < -0.4 is 5.73 Å². The van der Waals surface area contributed by atoms with Crippen LogP contribution in [-0.4, -0.2) is 25.0 Å². The highest BCUT2D eigenvalue weighted by Gasteiger charge is 2.15. The summed E-state index contributed by atoms with van der Waals surface area (Å²) in [7, 11) is 1.86. The maximum Gasteiger partial charge on any atom is 0.130 e. The van der Waals surface area contributed by atoms with Gasteiger partial charge in [0.15, 0.2) is 0 Å². The van der Waals surface area contributed by atoms with E-state index in [1.54, 1.807) is 0 Å². The Labute approximate surface area is 88.7 Å². The van der Waals surface area contributed by atoms with Crippen LogP contribution >= 0.6 is 0 Å². The van der Waals surface area contributed by atoms with Crippen molar-refractivity contribution in [3.05, 3.63) is 35.4 Å². The lowest BCUT2D eigenvalue weighted by molar-refractivity contribution is 0.263. The Hall–Kier alpha value is -1.00. The summed E-state index contributed by atoms with van der Waals surface area (Å²) in [5.41, 5.74) is 5.90. The van der Waals surface area contributed by atoms with Crippen molar-refractivity contribution in [3.8, 4) is 0 Å². The lowest BCUT2D eigenvalue weighted by atomic mass is 10.1. The molecule has 1 unspecified atom stereocenters. The van der Waals surface area contributed by atoms with Crippen molar-refractivity contribution >= 4 is 0 Å². The first-order valence-corrected chi connectivity index (χ1v) is 4.91. The summed E-state index contributed by atoms with van der Waals surface area (Å²) < 4.78 is 26.1. The zero-order valence-corrected chi connectivity index (χ0v) is 9.00. The van der Waals surface area contributed by atoms with Crippen LogP contribution in [0, 0.1) is 11.6 Å². The maximum absolute atomic E-state index is 13.4. The van der Waals surface area contributed by atoms with E-state index in [0.717, 1.165) is 6.07 Å². The minimum absolute atomic E-state index is 0.103. The van der Waals surface area contributed by atoms with E-state index in [0.29, 0.717) is 18.7 Å². The van der Waals surface area contributed by atoms with Gasteiger partial charge < -0.3 is 5.73 Å². The minimum atomic E-state index is -0.551. The smallest absolute Gasteiger partial charge is 0.130 e. The Balaban J connectivity index is 2.86. The molecule has 15 heavy (non-hydrogen) atoms. The molecule has 0 bridgehead atoms. The summed E-state index contributed by atoms with van der Waals surface area (Å²) >= 11 is 0. The molecule has 1 aromatic rings. The zero-order chi connectivity index (χ0) is 11.4. The van der Waals surface area contributed by atoms with Crippen molar-refractivity contribution in [1.82, 2.24) is 4.90 Å². The third-order valence-electron chi connectivity index (χ3n) is 2.56. The molecule has 0 aliphatic rings. The van der Waals surface area contributed by atoms with E-state index in [1.807, 2.05) is 18.9 Å². The molecule has 0 aromatic heterocycles. The molecule has 2 N–H and O–H groups in total. The second-order valence-electron chi connectivity index (χ2n) is 3.61. The average molecular weight is 214 g/mol. The van der Waals surface area contributed by atoms with E-state index in [9.17, 15) is 8.78 Å². The molecule has 0 saturated carbocycles. The van der Waals surface area contributed by atoms with Gasteiger partial charge in [-0.3, -0.25) is 4.90 Å². The predicted molar refractivity (Wildman–Crippen MR) is 56.5 cm³/mol. The summed E-state index contributed by atoms with van der Waals surface area (Å²) in [6.07, 6.45) is 0. The molecular weight excluding hydrogens is 198 g/mol. The van der Waals surface area contributed by atoms with Crippen molar-refractivity contribution in [1.29, 1.82) is 0 Å². The van der Waals surface area contributed by atoms with Gasteiger partial charge in [0, 0.05) is 30.8 Å². The van der Waals surface area contributed by atoms with Crippen LogP contribution in [0.15, 0.2) is 18.2 Å². The number of hydrogen-bond acceptors (Lipinski definition) is 2. The summed E-state index contributed by atoms with van der Waals surface area (Å²) in [6.45, 7) is 3.06. The molecule has 0 fully saturated rings. The van der Waals surface area contributed by atoms with Gasteiger partial charge in [0.05, 0.1) is 0 Å². The third-order valence-corrected chi connectivity index (χ3v) is 2.56. The fourth-order valence-electron chi connectivity index (χ4n) is 1.48. The molecule has 0 aliphatic heterocycles. The maximum atomic E-state index is 13.4. The molecule has 1 rings (SSSR count). The highest BCUT2D eigenvalue weighted by atomic mass is 19.1. The molecule has 0 heterocycles. The Morgan fingerprint density at radius 2 is 2.07 bits per heavy atom. The van der Waals surface area contributed by atoms with Crippen molar-refractivity contribution in [2.75, 3.05) is 20.1 Å². The van der Waals surface area contributed by atoms with E-state index in [-0.39, 0.29) is 6.04 Å². The van der Waals surface area contributed by atoms with Gasteiger partial charge >= 0.3 is 0 Å². The fraction of sp³-hybridized carbons (Fsp3) is 0.455. The first-order valence-electron chi connectivity index (χ1n) is 4.91. The van der Waals surface area contributed by atoms with Gasteiger partial charge in [0.25, 0.3) is 0 Å². The third kappa shape index (κ3) is 2.97. The summed E-state index contributed by atoms with van der Waals surface area (Å²) in [5, 5.41) is 0. The van der Waals surface area contributed by atoms with Gasteiger partial charge in [0.2, 0.25) is 0 Å². The van der Waals surface area contributed by atoms with Gasteiger partial charge in [0.1, 0.15) is 11.6 Å². The van der Waals surface area contributed by atoms with Crippen molar-refractivity contribution in [2.24, 2.45) is 5.73 Å². The molecule has 0 spiro atoms. The van der Waals surface area contributed by atoms with Crippen LogP contribution in [0.25, 0.3) is 0 Å². The molecule has 0 amide bonds. The highest BCUT2D eigenvalue weighted by molar-refractivity contribution is 5.21. The van der Waals surface area contributed by atoms with E-state index in [1.165, 1.54) is 12.1 Å². The zero-order valence-electron chi connectivity index (χ0n) is 9.00. The van der Waals surface area contributed by atoms with Crippen LogP contribution in [0.2, 0.25) is 0 Å². The van der Waals surface area contributed by atoms with Gasteiger partial charge in [-0.2, -0.15) is 0 Å². The molecule has 0 saturated heterocycles. The molecule has 1 aromatic carbocycles. The van der Waals surface area contributed by atoms with Crippen molar-refractivity contribution < 1.29 is 8.78 Å². The fourth-order valence-corrected chi connectivity index (χ4v) is 1.48. The minimum Gasteiger partial charge on any atom is -0.329 e. The van der Waals surface area contributed by atoms with Gasteiger partial charge in [-0.05, 0) is 20.0 Å². The van der Waals surface area contributed by atoms with Gasteiger partial charge in [-0.15, -0.1) is 0 Å². The SMILES string of the molecule is CC(c1ccc(F)cc1F)N(C)CCN. The van der Waals surface area contributed by atoms with Crippen molar-refractivity contribution in [2.45, 2.75) is 13.0 Å². The average Bonchev–Trinajstić information content (AvgIpc) is 2.17. The first kappa shape index (κ1) is 12.1. The number of hydrogen-bond donors (Lipinski definition) is 1. The largest absolute Gasteiger partial charge is 0.329 e. The molecule has 84 valence electrons. The van der Waals surface area contributed by atoms with E-state index in [2.05, 4.69) is 0 Å². The van der Waals surface area contributed by atoms with Crippen LogP contribution in [0.4, 0.5) is 8.78 Å². The van der Waals surface area contributed by atoms with Gasteiger partial charge in [-0.25, -0.2) is 8.78 Å². The van der Waals surface area contributed by atoms with Crippen LogP contribution in [0.3, 0.4) is 0 Å². The number of halogens is 2. The number of benzene rings is 1. The molecular formula is C11H16F2N2. The Kier molecular flexibility index (Phi) is 4.17. The molecule has 0 radical (unpaired) electrons. The standard InChI is InChI=1S/C11H16F2N2/c1-8(15(2)6-5-14)10-4-3-9(12)7-11(10)13/h3-4,7-8H,5-6,14H2,1-2H3. The van der Waals surface area contributed by atoms with E-state index >= 15 is 0 Å². The topological polar surface area (TPSA) is 29.3 Å². The van der Waals surface area contributed by atoms with Crippen LogP contribution in [0.1, 0.15) is 18.5 Å². The van der Waals surface area contributed by atoms with Crippen molar-refractivity contribution in [3.63, 3.8) is 0 Å². The summed E-state index contributed by atoms with van der Waals surface area (Å²) in [5.74, 6) is -1.06. The number of likely N-dealkylation sites (N-methyl/N-ethyl adjacent to an activating group) is 1. The highest BCUT2D eigenvalue weighted by Crippen LogP contribution is 2.21. The normalized spacial score (nSPS) is 13.2. The lowest BCUT2D eigenvalue weighted by Gasteiger charge is -2.24. The van der Waals surface area contributed by atoms with E-state index in [4.69, 9.17) is 5.73 Å². The Morgan fingerprint density at radius 3 is 2.60 bits per heavy atom. The second kappa shape index (κ2) is 5.19. The predicted octanol–water partition coefficient (Wildman–Crippen LogP) is 1.92. The monoisotopic (exact) mass is 214 g/mol. The molecule has 4 heteroatoms. The molecule has 0 aliphatic carbocycles. The van der Waals surface area contributed by atoms with Crippen LogP contribution in [0.5, 0.6) is 0 Å². The molecule has 2 nitrogen and oxygen atoms in total. The second-order valence-corrected chi connectivity index (χ2v) is 3.61. The van der Waals surface area contributed by atoms with Gasteiger partial charge in [-0.1, -0.05) is 6.07 Å². The lowest BCUT2D eigenvalue weighted by Crippen LogP contribution is -2.28. The summed E-state index contributed by atoms with van der Waals surface area (Å²) in [4.78, 5) is 1.93. The number of nitrogens with zero attached hydrogens (tertiary/aromatic N) is 1. The first-order chi connectivity index (χ1) is 7.06. The Bertz CT molecular complexity index is 328. The number of rotatable bonds is 4. The number of nitrogens with two attached hydrogens (primary N) is 1. The van der Waals surface area contributed by atoms with E-state index < -0.39 is 11.6 Å².